The second kappa shape index (κ2) is 9.12. The topological polar surface area (TPSA) is 29.5 Å². The van der Waals surface area contributed by atoms with Gasteiger partial charge in [0.05, 0.1) is 0 Å². The van der Waals surface area contributed by atoms with Gasteiger partial charge in [0.2, 0.25) is 0 Å². The van der Waals surface area contributed by atoms with E-state index in [2.05, 4.69) is 107 Å². The van der Waals surface area contributed by atoms with E-state index in [1.165, 1.54) is 15.9 Å². The Morgan fingerprint density at radius 1 is 0.667 bits per heavy atom. The van der Waals surface area contributed by atoms with Crippen molar-refractivity contribution in [1.29, 1.82) is 0 Å². The van der Waals surface area contributed by atoms with Gasteiger partial charge in [-0.25, -0.2) is 0 Å². The molecule has 4 heteroatoms. The molecule has 0 aromatic heterocycles. The number of hydrogen-bond donors (Lipinski definition) is 1. The van der Waals surface area contributed by atoms with Crippen LogP contribution in [-0.4, -0.2) is 30.6 Å². The molecular formula is C23H26BrO2P. The summed E-state index contributed by atoms with van der Waals surface area (Å²) in [5.74, 6) is 0. The molecule has 3 aromatic carbocycles. The van der Waals surface area contributed by atoms with Crippen molar-refractivity contribution in [2.24, 2.45) is 0 Å². The van der Waals surface area contributed by atoms with Crippen LogP contribution in [0.25, 0.3) is 0 Å². The fraction of sp³-hybridized carbons (Fsp3) is 0.217. The van der Waals surface area contributed by atoms with Crippen molar-refractivity contribution in [3.8, 4) is 0 Å². The molecule has 0 aliphatic heterocycles. The summed E-state index contributed by atoms with van der Waals surface area (Å²) < 4.78 is 5.24. The van der Waals surface area contributed by atoms with Crippen LogP contribution in [0.3, 0.4) is 0 Å². The van der Waals surface area contributed by atoms with Crippen LogP contribution in [0, 0.1) is 0 Å². The Balaban J connectivity index is 2.40. The van der Waals surface area contributed by atoms with Gasteiger partial charge in [-0.2, -0.15) is 0 Å². The average Bonchev–Trinajstić information content (AvgIpc) is 2.75. The van der Waals surface area contributed by atoms with Gasteiger partial charge in [-0.3, -0.25) is 0 Å². The monoisotopic (exact) mass is 444 g/mol. The van der Waals surface area contributed by atoms with E-state index >= 15 is 0 Å². The average molecular weight is 445 g/mol. The zero-order chi connectivity index (χ0) is 19.0. The number of rotatable bonds is 9. The van der Waals surface area contributed by atoms with Crippen molar-refractivity contribution in [2.45, 2.75) is 6.42 Å². The molecule has 0 spiro atoms. The van der Waals surface area contributed by atoms with Crippen molar-refractivity contribution in [1.82, 2.24) is 0 Å². The van der Waals surface area contributed by atoms with Crippen molar-refractivity contribution < 1.29 is 8.93 Å². The van der Waals surface area contributed by atoms with Gasteiger partial charge < -0.3 is 0 Å². The molecule has 0 radical (unpaired) electrons. The molecule has 0 saturated carbocycles. The molecule has 0 aliphatic carbocycles. The zero-order valence-corrected chi connectivity index (χ0v) is 17.9. The molecule has 0 atom stereocenters. The van der Waals surface area contributed by atoms with E-state index in [0.717, 1.165) is 18.7 Å². The van der Waals surface area contributed by atoms with Crippen LogP contribution in [0.5, 0.6) is 0 Å². The maximum atomic E-state index is 10.3. The zero-order valence-electron chi connectivity index (χ0n) is 15.4. The van der Waals surface area contributed by atoms with E-state index in [0.29, 0.717) is 6.61 Å². The Morgan fingerprint density at radius 2 is 1.07 bits per heavy atom. The first kappa shape index (κ1) is 20.2. The van der Waals surface area contributed by atoms with E-state index in [1.807, 2.05) is 0 Å². The van der Waals surface area contributed by atoms with Crippen molar-refractivity contribution >= 4 is 38.8 Å². The number of hydrogen-bond acceptors (Lipinski definition) is 2. The van der Waals surface area contributed by atoms with E-state index < -0.39 is 6.60 Å². The maximum absolute atomic E-state index is 10.3. The summed E-state index contributed by atoms with van der Waals surface area (Å²) >= 11 is 3.11. The summed E-state index contributed by atoms with van der Waals surface area (Å²) in [6.07, 6.45) is 2.59. The molecule has 0 amide bonds. The van der Waals surface area contributed by atoms with E-state index in [4.69, 9.17) is 3.83 Å². The molecule has 3 rings (SSSR count). The molecule has 0 aliphatic rings. The molecule has 0 fully saturated rings. The first-order chi connectivity index (χ1) is 13.3. The molecular weight excluding hydrogens is 419 g/mol. The second-order valence-electron chi connectivity index (χ2n) is 6.85. The first-order valence-corrected chi connectivity index (χ1v) is 12.5. The molecule has 27 heavy (non-hydrogen) atoms. The summed E-state index contributed by atoms with van der Waals surface area (Å²) in [5, 5.41) is 14.3. The Kier molecular flexibility index (Phi) is 6.83. The number of aliphatic hydroxyl groups excluding tert-OH is 1. The van der Waals surface area contributed by atoms with Crippen molar-refractivity contribution in [3.05, 3.63) is 91.0 Å². The van der Waals surface area contributed by atoms with Gasteiger partial charge in [-0.15, -0.1) is 0 Å². The Morgan fingerprint density at radius 3 is 1.41 bits per heavy atom. The normalized spacial score (nSPS) is 13.0. The van der Waals surface area contributed by atoms with Crippen LogP contribution < -0.4 is 15.9 Å². The molecule has 2 nitrogen and oxygen atoms in total. The predicted octanol–water partition coefficient (Wildman–Crippen LogP) is 4.23. The predicted molar refractivity (Wildman–Crippen MR) is 121 cm³/mol. The Labute approximate surface area is 170 Å². The summed E-state index contributed by atoms with van der Waals surface area (Å²) in [4.78, 5) is 0. The van der Waals surface area contributed by atoms with Crippen LogP contribution in [0.1, 0.15) is 6.42 Å². The SMILES string of the molecule is OCCP(CCCOBr)(c1ccccc1)(c1ccccc1)c1ccccc1. The fourth-order valence-corrected chi connectivity index (χ4v) is 11.2. The Bertz CT molecular complexity index is 725. The number of aliphatic hydroxyl groups is 1. The van der Waals surface area contributed by atoms with Gasteiger partial charge in [-0.1, -0.05) is 0 Å². The second-order valence-corrected chi connectivity index (χ2v) is 12.8. The molecule has 0 saturated heterocycles. The number of benzene rings is 3. The van der Waals surface area contributed by atoms with Crippen LogP contribution >= 0.6 is 22.9 Å². The van der Waals surface area contributed by atoms with Gasteiger partial charge in [0.1, 0.15) is 0 Å². The molecule has 3 aromatic rings. The molecule has 1 N–H and O–H groups in total. The molecule has 0 unspecified atom stereocenters. The van der Waals surface area contributed by atoms with Crippen LogP contribution in [0.2, 0.25) is 0 Å². The van der Waals surface area contributed by atoms with Gasteiger partial charge in [0.15, 0.2) is 0 Å². The summed E-state index contributed by atoms with van der Waals surface area (Å²) in [6, 6.07) is 32.3. The van der Waals surface area contributed by atoms with Crippen molar-refractivity contribution in [3.63, 3.8) is 0 Å². The Hall–Kier alpha value is -1.51. The van der Waals surface area contributed by atoms with E-state index in [-0.39, 0.29) is 6.61 Å². The summed E-state index contributed by atoms with van der Waals surface area (Å²) in [6.45, 7) is -2.10. The van der Waals surface area contributed by atoms with Gasteiger partial charge in [0, 0.05) is 0 Å². The van der Waals surface area contributed by atoms with Crippen LogP contribution in [0.15, 0.2) is 91.0 Å². The van der Waals surface area contributed by atoms with E-state index in [1.54, 1.807) is 0 Å². The van der Waals surface area contributed by atoms with E-state index in [9.17, 15) is 5.11 Å². The molecule has 0 heterocycles. The third-order valence-corrected chi connectivity index (χ3v) is 13.1. The quantitative estimate of drug-likeness (QED) is 0.395. The molecule has 142 valence electrons. The van der Waals surface area contributed by atoms with Gasteiger partial charge >= 0.3 is 171 Å². The first-order valence-electron chi connectivity index (χ1n) is 9.29. The minimum absolute atomic E-state index is 0.145. The standard InChI is InChI=1S/C23H26BrO2P/c24-26-18-10-19-27(20-17-25,21-11-4-1-5-12-21,22-13-6-2-7-14-22)23-15-8-3-9-16-23/h1-9,11-16,25H,10,17-20H2. The summed E-state index contributed by atoms with van der Waals surface area (Å²) in [7, 11) is 0. The fourth-order valence-electron chi connectivity index (χ4n) is 4.39. The third-order valence-electron chi connectivity index (χ3n) is 5.61. The molecule has 0 bridgehead atoms. The third kappa shape index (κ3) is 3.62. The van der Waals surface area contributed by atoms with Crippen molar-refractivity contribution in [2.75, 3.05) is 25.5 Å². The van der Waals surface area contributed by atoms with Crippen LogP contribution in [-0.2, 0) is 3.83 Å². The minimum atomic E-state index is -2.88. The van der Waals surface area contributed by atoms with Gasteiger partial charge in [0.25, 0.3) is 0 Å². The van der Waals surface area contributed by atoms with Crippen LogP contribution in [0.4, 0.5) is 0 Å². The summed E-state index contributed by atoms with van der Waals surface area (Å²) in [5.41, 5.74) is 0. The number of halogens is 1. The van der Waals surface area contributed by atoms with Gasteiger partial charge in [-0.05, 0) is 0 Å².